The molecule has 180 valence electrons. The molecule has 0 spiro atoms. The van der Waals surface area contributed by atoms with Gasteiger partial charge in [-0.05, 0) is 48.3 Å². The van der Waals surface area contributed by atoms with Crippen molar-refractivity contribution in [2.75, 3.05) is 0 Å². The lowest BCUT2D eigenvalue weighted by molar-refractivity contribution is 0.484. The summed E-state index contributed by atoms with van der Waals surface area (Å²) in [5.74, 6) is 0. The lowest BCUT2D eigenvalue weighted by atomic mass is 9.96. The maximum absolute atomic E-state index is 12.3. The highest BCUT2D eigenvalue weighted by molar-refractivity contribution is 7.86. The summed E-state index contributed by atoms with van der Waals surface area (Å²) in [7, 11) is -4.27. The molecule has 2 aromatic carbocycles. The van der Waals surface area contributed by atoms with Crippen molar-refractivity contribution in [1.29, 1.82) is 0 Å². The van der Waals surface area contributed by atoms with Gasteiger partial charge in [0.1, 0.15) is 4.90 Å². The molecule has 0 saturated carbocycles. The Morgan fingerprint density at radius 3 is 1.78 bits per heavy atom. The average Bonchev–Trinajstić information content (AvgIpc) is 2.76. The molecule has 2 rings (SSSR count). The normalized spacial score (nSPS) is 12.0. The van der Waals surface area contributed by atoms with Crippen molar-refractivity contribution < 1.29 is 13.0 Å². The van der Waals surface area contributed by atoms with Crippen molar-refractivity contribution in [1.82, 2.24) is 0 Å². The summed E-state index contributed by atoms with van der Waals surface area (Å²) in [6.07, 6.45) is 18.9. The third-order valence-corrected chi connectivity index (χ3v) is 7.36. The Balaban J connectivity index is 2.06. The van der Waals surface area contributed by atoms with Crippen molar-refractivity contribution >= 4 is 20.9 Å². The van der Waals surface area contributed by atoms with Gasteiger partial charge in [0.15, 0.2) is 0 Å². The van der Waals surface area contributed by atoms with Crippen LogP contribution in [0.15, 0.2) is 35.2 Å². The van der Waals surface area contributed by atoms with Gasteiger partial charge in [0.05, 0.1) is 0 Å². The zero-order chi connectivity index (χ0) is 23.2. The molecule has 1 N–H and O–H groups in total. The monoisotopic (exact) mass is 460 g/mol. The van der Waals surface area contributed by atoms with E-state index in [1.807, 2.05) is 18.2 Å². The number of benzene rings is 2. The van der Waals surface area contributed by atoms with Crippen molar-refractivity contribution in [3.63, 3.8) is 0 Å². The van der Waals surface area contributed by atoms with E-state index in [1.54, 1.807) is 6.07 Å². The van der Waals surface area contributed by atoms with Gasteiger partial charge in [-0.2, -0.15) is 8.42 Å². The third kappa shape index (κ3) is 9.23. The topological polar surface area (TPSA) is 54.4 Å². The van der Waals surface area contributed by atoms with Crippen LogP contribution in [0, 0.1) is 0 Å². The van der Waals surface area contributed by atoms with Crippen LogP contribution in [-0.4, -0.2) is 13.0 Å². The van der Waals surface area contributed by atoms with Crippen LogP contribution in [-0.2, 0) is 23.0 Å². The molecule has 0 heterocycles. The molecule has 0 fully saturated rings. The number of aryl methyl sites for hydroxylation is 2. The Morgan fingerprint density at radius 2 is 1.22 bits per heavy atom. The van der Waals surface area contributed by atoms with Crippen LogP contribution in [0.2, 0.25) is 0 Å². The van der Waals surface area contributed by atoms with E-state index in [4.69, 9.17) is 0 Å². The molecule has 2 aromatic rings. The number of rotatable bonds is 17. The summed E-state index contributed by atoms with van der Waals surface area (Å²) in [6, 6.07) is 9.85. The van der Waals surface area contributed by atoms with Crippen LogP contribution in [0.25, 0.3) is 10.8 Å². The van der Waals surface area contributed by atoms with Crippen molar-refractivity contribution in [2.24, 2.45) is 0 Å². The maximum Gasteiger partial charge on any atom is 0.295 e. The smallest absolute Gasteiger partial charge is 0.282 e. The molecule has 0 unspecified atom stereocenters. The first-order valence-electron chi connectivity index (χ1n) is 13.0. The molecule has 0 saturated heterocycles. The Hall–Kier alpha value is -1.39. The van der Waals surface area contributed by atoms with E-state index in [0.29, 0.717) is 5.39 Å². The maximum atomic E-state index is 12.3. The van der Waals surface area contributed by atoms with Gasteiger partial charge in [-0.25, -0.2) is 0 Å². The molecule has 0 aromatic heterocycles. The molecule has 0 aliphatic rings. The van der Waals surface area contributed by atoms with Crippen LogP contribution in [0.3, 0.4) is 0 Å². The van der Waals surface area contributed by atoms with E-state index in [-0.39, 0.29) is 4.90 Å². The molecule has 0 aliphatic carbocycles. The van der Waals surface area contributed by atoms with E-state index in [1.165, 1.54) is 70.6 Å². The van der Waals surface area contributed by atoms with Crippen LogP contribution < -0.4 is 0 Å². The summed E-state index contributed by atoms with van der Waals surface area (Å²) in [4.78, 5) is 0.0893. The van der Waals surface area contributed by atoms with Crippen LogP contribution in [0.1, 0.15) is 115 Å². The lowest BCUT2D eigenvalue weighted by Crippen LogP contribution is -2.03. The highest BCUT2D eigenvalue weighted by Gasteiger charge is 2.18. The van der Waals surface area contributed by atoms with Crippen LogP contribution in [0.4, 0.5) is 0 Å². The fourth-order valence-electron chi connectivity index (χ4n) is 4.64. The van der Waals surface area contributed by atoms with Gasteiger partial charge < -0.3 is 0 Å². The number of unbranched alkanes of at least 4 members (excludes halogenated alkanes) is 12. The molecule has 0 radical (unpaired) electrons. The van der Waals surface area contributed by atoms with Gasteiger partial charge in [0.25, 0.3) is 10.1 Å². The quantitative estimate of drug-likeness (QED) is 0.190. The minimum Gasteiger partial charge on any atom is -0.282 e. The standard InChI is InChI=1S/C28H44O3S/c1-3-5-7-9-11-13-15-18-24-22-26-21-17-20-25(19-16-14-12-10-8-6-4-2)28(26)27(23-24)32(29,30)31/h17,20-23H,3-16,18-19H2,1-2H3,(H,29,30,31). The van der Waals surface area contributed by atoms with Gasteiger partial charge in [0.2, 0.25) is 0 Å². The highest BCUT2D eigenvalue weighted by Crippen LogP contribution is 2.30. The van der Waals surface area contributed by atoms with Crippen LogP contribution >= 0.6 is 0 Å². The minimum absolute atomic E-state index is 0.0893. The Morgan fingerprint density at radius 1 is 0.688 bits per heavy atom. The van der Waals surface area contributed by atoms with E-state index >= 15 is 0 Å². The lowest BCUT2D eigenvalue weighted by Gasteiger charge is -2.13. The first-order valence-corrected chi connectivity index (χ1v) is 14.4. The predicted molar refractivity (Wildman–Crippen MR) is 137 cm³/mol. The summed E-state index contributed by atoms with van der Waals surface area (Å²) in [5.41, 5.74) is 2.04. The molecule has 0 atom stereocenters. The summed E-state index contributed by atoms with van der Waals surface area (Å²) >= 11 is 0. The summed E-state index contributed by atoms with van der Waals surface area (Å²) < 4.78 is 34.5. The van der Waals surface area contributed by atoms with E-state index in [2.05, 4.69) is 19.9 Å². The second-order valence-electron chi connectivity index (χ2n) is 9.33. The van der Waals surface area contributed by atoms with E-state index in [9.17, 15) is 13.0 Å². The van der Waals surface area contributed by atoms with E-state index in [0.717, 1.165) is 48.6 Å². The Labute approximate surface area is 196 Å². The number of fused-ring (bicyclic) bond motifs is 1. The fourth-order valence-corrected chi connectivity index (χ4v) is 5.44. The van der Waals surface area contributed by atoms with Gasteiger partial charge in [-0.1, -0.05) is 115 Å². The molecule has 0 amide bonds. The predicted octanol–water partition coefficient (Wildman–Crippen LogP) is 8.67. The van der Waals surface area contributed by atoms with E-state index < -0.39 is 10.1 Å². The molecule has 3 nitrogen and oxygen atoms in total. The van der Waals surface area contributed by atoms with Crippen molar-refractivity contribution in [3.05, 3.63) is 41.5 Å². The molecule has 4 heteroatoms. The van der Waals surface area contributed by atoms with Crippen LogP contribution in [0.5, 0.6) is 0 Å². The van der Waals surface area contributed by atoms with Gasteiger partial charge >= 0.3 is 0 Å². The van der Waals surface area contributed by atoms with Crippen molar-refractivity contribution in [2.45, 2.75) is 121 Å². The Bertz CT molecular complexity index is 902. The first kappa shape index (κ1) is 26.9. The zero-order valence-corrected chi connectivity index (χ0v) is 21.2. The average molecular weight is 461 g/mol. The Kier molecular flexibility index (Phi) is 12.3. The summed E-state index contributed by atoms with van der Waals surface area (Å²) in [6.45, 7) is 4.46. The largest absolute Gasteiger partial charge is 0.295 e. The second kappa shape index (κ2) is 14.7. The first-order chi connectivity index (χ1) is 15.5. The zero-order valence-electron chi connectivity index (χ0n) is 20.4. The van der Waals surface area contributed by atoms with Gasteiger partial charge in [-0.15, -0.1) is 0 Å². The number of hydrogen-bond acceptors (Lipinski definition) is 2. The number of hydrogen-bond donors (Lipinski definition) is 1. The third-order valence-electron chi connectivity index (χ3n) is 6.48. The van der Waals surface area contributed by atoms with Crippen molar-refractivity contribution in [3.8, 4) is 0 Å². The fraction of sp³-hybridized carbons (Fsp3) is 0.643. The summed E-state index contributed by atoms with van der Waals surface area (Å²) in [5, 5.41) is 1.64. The second-order valence-corrected chi connectivity index (χ2v) is 10.7. The van der Waals surface area contributed by atoms with Gasteiger partial charge in [-0.3, -0.25) is 4.55 Å². The molecule has 0 aliphatic heterocycles. The highest BCUT2D eigenvalue weighted by atomic mass is 32.2. The molecular weight excluding hydrogens is 416 g/mol. The molecule has 32 heavy (non-hydrogen) atoms. The molecular formula is C28H44O3S. The minimum atomic E-state index is -4.27. The molecule has 0 bridgehead atoms. The van der Waals surface area contributed by atoms with Gasteiger partial charge in [0, 0.05) is 5.39 Å². The SMILES string of the molecule is CCCCCCCCCc1cc(S(=O)(=O)O)c2c(CCCCCCCCC)cccc2c1.